The van der Waals surface area contributed by atoms with Gasteiger partial charge in [0.05, 0.1) is 24.2 Å². The fraction of sp³-hybridized carbons (Fsp3) is 0.200. The lowest BCUT2D eigenvalue weighted by Crippen LogP contribution is -2.11. The molecule has 1 aliphatic rings. The number of ether oxygens (including phenoxy) is 2. The predicted octanol–water partition coefficient (Wildman–Crippen LogP) is 4.55. The van der Waals surface area contributed by atoms with Crippen LogP contribution < -0.4 is 9.47 Å². The second kappa shape index (κ2) is 5.32. The van der Waals surface area contributed by atoms with Crippen LogP contribution in [0.1, 0.15) is 11.5 Å². The molecule has 0 radical (unpaired) electrons. The van der Waals surface area contributed by atoms with Crippen molar-refractivity contribution in [1.29, 1.82) is 0 Å². The Morgan fingerprint density at radius 2 is 2.00 bits per heavy atom. The van der Waals surface area contributed by atoms with Gasteiger partial charge in [-0.25, -0.2) is 0 Å². The van der Waals surface area contributed by atoms with Crippen LogP contribution in [0.4, 0.5) is 0 Å². The number of hydrogen-bond donors (Lipinski definition) is 0. The van der Waals surface area contributed by atoms with Gasteiger partial charge < -0.3 is 9.47 Å². The maximum atomic E-state index is 6.07. The standard InChI is InChI=1S/C15H12Cl2O2/c16-11-5-6-13(17)15(7-11)19-9-10-8-18-14-4-2-1-3-12(10)14/h1-7,10H,8-9H2. The van der Waals surface area contributed by atoms with E-state index in [4.69, 9.17) is 32.7 Å². The summed E-state index contributed by atoms with van der Waals surface area (Å²) >= 11 is 12.0. The van der Waals surface area contributed by atoms with E-state index in [1.54, 1.807) is 18.2 Å². The average molecular weight is 295 g/mol. The molecule has 0 aliphatic carbocycles. The molecule has 3 rings (SSSR count). The highest BCUT2D eigenvalue weighted by Crippen LogP contribution is 2.35. The van der Waals surface area contributed by atoms with Gasteiger partial charge in [-0.2, -0.15) is 0 Å². The summed E-state index contributed by atoms with van der Waals surface area (Å²) in [5, 5.41) is 1.18. The van der Waals surface area contributed by atoms with E-state index in [1.165, 1.54) is 5.56 Å². The first-order valence-electron chi connectivity index (χ1n) is 6.03. The third-order valence-corrected chi connectivity index (χ3v) is 3.68. The third kappa shape index (κ3) is 2.65. The van der Waals surface area contributed by atoms with E-state index in [0.29, 0.717) is 29.0 Å². The molecule has 1 aliphatic heterocycles. The minimum Gasteiger partial charge on any atom is -0.493 e. The fourth-order valence-electron chi connectivity index (χ4n) is 2.15. The van der Waals surface area contributed by atoms with E-state index in [0.717, 1.165) is 5.75 Å². The van der Waals surface area contributed by atoms with Crippen molar-refractivity contribution in [2.75, 3.05) is 13.2 Å². The van der Waals surface area contributed by atoms with Gasteiger partial charge in [0.2, 0.25) is 0 Å². The van der Waals surface area contributed by atoms with Gasteiger partial charge in [-0.05, 0) is 18.2 Å². The fourth-order valence-corrected chi connectivity index (χ4v) is 2.48. The molecule has 4 heteroatoms. The van der Waals surface area contributed by atoms with Gasteiger partial charge in [-0.3, -0.25) is 0 Å². The van der Waals surface area contributed by atoms with Crippen LogP contribution in [0.3, 0.4) is 0 Å². The first-order chi connectivity index (χ1) is 9.24. The van der Waals surface area contributed by atoms with Gasteiger partial charge in [-0.15, -0.1) is 0 Å². The molecule has 19 heavy (non-hydrogen) atoms. The van der Waals surface area contributed by atoms with Crippen LogP contribution in [0.5, 0.6) is 11.5 Å². The predicted molar refractivity (Wildman–Crippen MR) is 76.6 cm³/mol. The molecule has 0 spiro atoms. The van der Waals surface area contributed by atoms with E-state index >= 15 is 0 Å². The molecule has 0 N–H and O–H groups in total. The second-order valence-corrected chi connectivity index (χ2v) is 5.28. The maximum absolute atomic E-state index is 6.07. The number of rotatable bonds is 3. The van der Waals surface area contributed by atoms with Gasteiger partial charge in [0.1, 0.15) is 11.5 Å². The lowest BCUT2D eigenvalue weighted by atomic mass is 10.0. The van der Waals surface area contributed by atoms with Crippen LogP contribution >= 0.6 is 23.2 Å². The van der Waals surface area contributed by atoms with E-state index < -0.39 is 0 Å². The van der Waals surface area contributed by atoms with E-state index in [9.17, 15) is 0 Å². The van der Waals surface area contributed by atoms with Gasteiger partial charge in [0, 0.05) is 16.7 Å². The van der Waals surface area contributed by atoms with Crippen molar-refractivity contribution in [2.45, 2.75) is 5.92 Å². The molecule has 0 amide bonds. The monoisotopic (exact) mass is 294 g/mol. The third-order valence-electron chi connectivity index (χ3n) is 3.13. The number of hydrogen-bond acceptors (Lipinski definition) is 2. The van der Waals surface area contributed by atoms with Crippen molar-refractivity contribution >= 4 is 23.2 Å². The molecule has 98 valence electrons. The Balaban J connectivity index is 1.72. The Morgan fingerprint density at radius 1 is 1.16 bits per heavy atom. The van der Waals surface area contributed by atoms with Gasteiger partial charge in [0.25, 0.3) is 0 Å². The lowest BCUT2D eigenvalue weighted by molar-refractivity contribution is 0.248. The number of benzene rings is 2. The SMILES string of the molecule is Clc1ccc(Cl)c(OCC2COc3ccccc32)c1. The highest BCUT2D eigenvalue weighted by molar-refractivity contribution is 6.34. The molecular formula is C15H12Cl2O2. The van der Waals surface area contributed by atoms with E-state index in [2.05, 4.69) is 6.07 Å². The summed E-state index contributed by atoms with van der Waals surface area (Å²) in [6.45, 7) is 1.16. The molecule has 1 atom stereocenters. The molecule has 2 aromatic carbocycles. The number of para-hydroxylation sites is 1. The van der Waals surface area contributed by atoms with Crippen molar-refractivity contribution < 1.29 is 9.47 Å². The molecule has 2 nitrogen and oxygen atoms in total. The molecular weight excluding hydrogens is 283 g/mol. The molecule has 0 aromatic heterocycles. The van der Waals surface area contributed by atoms with Gasteiger partial charge in [-0.1, -0.05) is 41.4 Å². The maximum Gasteiger partial charge on any atom is 0.139 e. The van der Waals surface area contributed by atoms with Crippen molar-refractivity contribution in [3.63, 3.8) is 0 Å². The second-order valence-electron chi connectivity index (χ2n) is 4.43. The average Bonchev–Trinajstić information content (AvgIpc) is 2.83. The van der Waals surface area contributed by atoms with E-state index in [-0.39, 0.29) is 5.92 Å². The summed E-state index contributed by atoms with van der Waals surface area (Å²) in [7, 11) is 0. The van der Waals surface area contributed by atoms with Crippen molar-refractivity contribution in [1.82, 2.24) is 0 Å². The van der Waals surface area contributed by atoms with Crippen molar-refractivity contribution in [2.24, 2.45) is 0 Å². The van der Waals surface area contributed by atoms with Crippen LogP contribution in [0.15, 0.2) is 42.5 Å². The Hall–Kier alpha value is -1.38. The summed E-state index contributed by atoms with van der Waals surface area (Å²) in [5.74, 6) is 1.78. The zero-order chi connectivity index (χ0) is 13.2. The Morgan fingerprint density at radius 3 is 2.89 bits per heavy atom. The molecule has 1 unspecified atom stereocenters. The molecule has 0 saturated heterocycles. The Kier molecular flexibility index (Phi) is 3.54. The summed E-state index contributed by atoms with van der Waals surface area (Å²) in [5.41, 5.74) is 1.18. The van der Waals surface area contributed by atoms with Crippen molar-refractivity contribution in [3.8, 4) is 11.5 Å². The first kappa shape index (κ1) is 12.6. The summed E-state index contributed by atoms with van der Waals surface area (Å²) in [6.07, 6.45) is 0. The van der Waals surface area contributed by atoms with Crippen LogP contribution in [-0.2, 0) is 0 Å². The highest BCUT2D eigenvalue weighted by Gasteiger charge is 2.24. The quantitative estimate of drug-likeness (QED) is 0.827. The topological polar surface area (TPSA) is 18.5 Å². The normalized spacial score (nSPS) is 16.8. The molecule has 0 bridgehead atoms. The smallest absolute Gasteiger partial charge is 0.139 e. The Labute approximate surface area is 121 Å². The minimum absolute atomic E-state index is 0.228. The zero-order valence-electron chi connectivity index (χ0n) is 10.1. The van der Waals surface area contributed by atoms with E-state index in [1.807, 2.05) is 18.2 Å². The largest absolute Gasteiger partial charge is 0.493 e. The van der Waals surface area contributed by atoms with Crippen LogP contribution in [-0.4, -0.2) is 13.2 Å². The zero-order valence-corrected chi connectivity index (χ0v) is 11.6. The summed E-state index contributed by atoms with van der Waals surface area (Å²) in [6, 6.07) is 13.2. The minimum atomic E-state index is 0.228. The highest BCUT2D eigenvalue weighted by atomic mass is 35.5. The first-order valence-corrected chi connectivity index (χ1v) is 6.79. The van der Waals surface area contributed by atoms with Gasteiger partial charge >= 0.3 is 0 Å². The van der Waals surface area contributed by atoms with Gasteiger partial charge in [0.15, 0.2) is 0 Å². The van der Waals surface area contributed by atoms with Crippen LogP contribution in [0, 0.1) is 0 Å². The van der Waals surface area contributed by atoms with Crippen molar-refractivity contribution in [3.05, 3.63) is 58.1 Å². The summed E-state index contributed by atoms with van der Waals surface area (Å²) < 4.78 is 11.4. The number of halogens is 2. The van der Waals surface area contributed by atoms with Crippen LogP contribution in [0.2, 0.25) is 10.0 Å². The summed E-state index contributed by atoms with van der Waals surface area (Å²) in [4.78, 5) is 0. The molecule has 0 saturated carbocycles. The number of fused-ring (bicyclic) bond motifs is 1. The van der Waals surface area contributed by atoms with Crippen LogP contribution in [0.25, 0.3) is 0 Å². The molecule has 1 heterocycles. The Bertz CT molecular complexity index is 598. The lowest BCUT2D eigenvalue weighted by Gasteiger charge is -2.12. The molecule has 0 fully saturated rings. The molecule has 2 aromatic rings.